The van der Waals surface area contributed by atoms with Crippen LogP contribution < -0.4 is 5.32 Å². The largest absolute Gasteiger partial charge is 0.378 e. The number of halogens is 2. The Labute approximate surface area is 116 Å². The van der Waals surface area contributed by atoms with Gasteiger partial charge in [-0.3, -0.25) is 0 Å². The normalized spacial score (nSPS) is 27.7. The van der Waals surface area contributed by atoms with Gasteiger partial charge in [0.1, 0.15) is 5.82 Å². The summed E-state index contributed by atoms with van der Waals surface area (Å²) in [7, 11) is 1.95. The molecule has 2 rings (SSSR count). The monoisotopic (exact) mass is 315 g/mol. The maximum atomic E-state index is 13.4. The van der Waals surface area contributed by atoms with Crippen LogP contribution in [0.4, 0.5) is 4.39 Å². The number of nitrogens with one attached hydrogen (secondary N) is 1. The van der Waals surface area contributed by atoms with E-state index in [2.05, 4.69) is 28.2 Å². The maximum Gasteiger partial charge on any atom is 0.124 e. The Morgan fingerprint density at radius 1 is 1.50 bits per heavy atom. The lowest BCUT2D eigenvalue weighted by atomic mass is 9.76. The molecule has 2 unspecified atom stereocenters. The van der Waals surface area contributed by atoms with Crippen molar-refractivity contribution in [2.24, 2.45) is 5.41 Å². The summed E-state index contributed by atoms with van der Waals surface area (Å²) in [6.45, 7) is 3.79. The summed E-state index contributed by atoms with van der Waals surface area (Å²) < 4.78 is 19.9. The fraction of sp³-hybridized carbons (Fsp3) is 0.571. The molecule has 0 aromatic heterocycles. The lowest BCUT2D eigenvalue weighted by Crippen LogP contribution is -2.40. The van der Waals surface area contributed by atoms with Gasteiger partial charge in [-0.2, -0.15) is 0 Å². The van der Waals surface area contributed by atoms with E-state index >= 15 is 0 Å². The first-order valence-electron chi connectivity index (χ1n) is 6.27. The van der Waals surface area contributed by atoms with E-state index in [1.165, 1.54) is 6.07 Å². The number of hydrogen-bond acceptors (Lipinski definition) is 2. The molecule has 0 bridgehead atoms. The zero-order chi connectivity index (χ0) is 13.2. The molecule has 0 spiro atoms. The first-order chi connectivity index (χ1) is 8.55. The van der Waals surface area contributed by atoms with Crippen LogP contribution in [0.3, 0.4) is 0 Å². The molecule has 1 aliphatic rings. The zero-order valence-electron chi connectivity index (χ0n) is 10.8. The van der Waals surface area contributed by atoms with Crippen molar-refractivity contribution in [1.82, 2.24) is 5.32 Å². The van der Waals surface area contributed by atoms with Crippen molar-refractivity contribution in [2.75, 3.05) is 20.2 Å². The smallest absolute Gasteiger partial charge is 0.124 e. The van der Waals surface area contributed by atoms with Crippen molar-refractivity contribution >= 4 is 15.9 Å². The van der Waals surface area contributed by atoms with Crippen LogP contribution in [-0.2, 0) is 11.2 Å². The van der Waals surface area contributed by atoms with Crippen molar-refractivity contribution in [3.63, 3.8) is 0 Å². The van der Waals surface area contributed by atoms with Crippen LogP contribution in [0.15, 0.2) is 22.7 Å². The summed E-state index contributed by atoms with van der Waals surface area (Å²) in [4.78, 5) is 0. The molecule has 0 amide bonds. The Balaban J connectivity index is 2.23. The highest BCUT2D eigenvalue weighted by molar-refractivity contribution is 9.10. The molecule has 0 saturated carbocycles. The van der Waals surface area contributed by atoms with Crippen LogP contribution in [0.5, 0.6) is 0 Å². The van der Waals surface area contributed by atoms with Crippen LogP contribution in [0.2, 0.25) is 0 Å². The average molecular weight is 316 g/mol. The van der Waals surface area contributed by atoms with Crippen molar-refractivity contribution in [3.05, 3.63) is 34.1 Å². The molecule has 1 aromatic carbocycles. The van der Waals surface area contributed by atoms with Crippen molar-refractivity contribution in [3.8, 4) is 0 Å². The molecule has 1 aliphatic heterocycles. The van der Waals surface area contributed by atoms with E-state index in [-0.39, 0.29) is 17.3 Å². The number of ether oxygens (including phenoxy) is 1. The van der Waals surface area contributed by atoms with E-state index in [1.54, 1.807) is 6.07 Å². The minimum absolute atomic E-state index is 0.0714. The molecule has 1 aromatic rings. The van der Waals surface area contributed by atoms with Crippen LogP contribution in [-0.4, -0.2) is 26.3 Å². The van der Waals surface area contributed by atoms with Gasteiger partial charge < -0.3 is 10.1 Å². The highest BCUT2D eigenvalue weighted by atomic mass is 79.9. The third kappa shape index (κ3) is 2.92. The van der Waals surface area contributed by atoms with Crippen LogP contribution >= 0.6 is 15.9 Å². The zero-order valence-corrected chi connectivity index (χ0v) is 12.4. The second-order valence-corrected chi connectivity index (χ2v) is 6.03. The molecule has 100 valence electrons. The van der Waals surface area contributed by atoms with Crippen molar-refractivity contribution in [2.45, 2.75) is 25.9 Å². The molecule has 2 atom stereocenters. The Hall–Kier alpha value is -0.450. The predicted molar refractivity (Wildman–Crippen MR) is 74.2 cm³/mol. The summed E-state index contributed by atoms with van der Waals surface area (Å²) in [5.41, 5.74) is 1.09. The van der Waals surface area contributed by atoms with Gasteiger partial charge in [0.05, 0.1) is 6.10 Å². The third-order valence-corrected chi connectivity index (χ3v) is 4.30. The van der Waals surface area contributed by atoms with E-state index in [9.17, 15) is 4.39 Å². The lowest BCUT2D eigenvalue weighted by Gasteiger charge is -2.32. The first kappa shape index (κ1) is 14.0. The standard InChI is InChI=1S/C14H19BrFNO/c1-10-14(9-17-2,3-4-18-10)8-11-5-12(15)7-13(16)6-11/h5-7,10,17H,3-4,8-9H2,1-2H3. The van der Waals surface area contributed by atoms with Gasteiger partial charge in [-0.1, -0.05) is 15.9 Å². The van der Waals surface area contributed by atoms with E-state index in [0.29, 0.717) is 0 Å². The van der Waals surface area contributed by atoms with Gasteiger partial charge in [-0.05, 0) is 50.6 Å². The molecular weight excluding hydrogens is 297 g/mol. The summed E-state index contributed by atoms with van der Waals surface area (Å²) in [6, 6.07) is 5.10. The van der Waals surface area contributed by atoms with Crippen molar-refractivity contribution < 1.29 is 9.13 Å². The number of rotatable bonds is 4. The predicted octanol–water partition coefficient (Wildman–Crippen LogP) is 3.15. The van der Waals surface area contributed by atoms with Gasteiger partial charge in [0, 0.05) is 23.0 Å². The Kier molecular flexibility index (Phi) is 4.41. The Morgan fingerprint density at radius 3 is 2.83 bits per heavy atom. The quantitative estimate of drug-likeness (QED) is 0.921. The number of hydrogen-bond donors (Lipinski definition) is 1. The second-order valence-electron chi connectivity index (χ2n) is 5.11. The summed E-state index contributed by atoms with van der Waals surface area (Å²) in [5.74, 6) is -0.189. The maximum absolute atomic E-state index is 13.4. The topological polar surface area (TPSA) is 21.3 Å². The highest BCUT2D eigenvalue weighted by Gasteiger charge is 2.40. The molecule has 2 nitrogen and oxygen atoms in total. The van der Waals surface area contributed by atoms with Gasteiger partial charge >= 0.3 is 0 Å². The SMILES string of the molecule is CNCC1(Cc2cc(F)cc(Br)c2)CCOC1C. The molecule has 18 heavy (non-hydrogen) atoms. The second kappa shape index (κ2) is 5.68. The van der Waals surface area contributed by atoms with Crippen molar-refractivity contribution in [1.29, 1.82) is 0 Å². The van der Waals surface area contributed by atoms with Gasteiger partial charge in [-0.25, -0.2) is 4.39 Å². The molecule has 1 N–H and O–H groups in total. The molecule has 1 saturated heterocycles. The minimum atomic E-state index is -0.189. The van der Waals surface area contributed by atoms with Gasteiger partial charge in [0.25, 0.3) is 0 Å². The minimum Gasteiger partial charge on any atom is -0.378 e. The fourth-order valence-corrected chi connectivity index (χ4v) is 3.33. The molecular formula is C14H19BrFNO. The van der Waals surface area contributed by atoms with Gasteiger partial charge in [-0.15, -0.1) is 0 Å². The van der Waals surface area contributed by atoms with Gasteiger partial charge in [0.15, 0.2) is 0 Å². The molecule has 1 heterocycles. The Morgan fingerprint density at radius 2 is 2.28 bits per heavy atom. The fourth-order valence-electron chi connectivity index (χ4n) is 2.82. The highest BCUT2D eigenvalue weighted by Crippen LogP contribution is 2.38. The lowest BCUT2D eigenvalue weighted by molar-refractivity contribution is 0.0639. The molecule has 0 radical (unpaired) electrons. The number of benzene rings is 1. The summed E-state index contributed by atoms with van der Waals surface area (Å²) >= 11 is 3.35. The van der Waals surface area contributed by atoms with E-state index in [0.717, 1.165) is 36.0 Å². The summed E-state index contributed by atoms with van der Waals surface area (Å²) in [6.07, 6.45) is 2.06. The third-order valence-electron chi connectivity index (χ3n) is 3.84. The summed E-state index contributed by atoms with van der Waals surface area (Å²) in [5, 5.41) is 3.24. The van der Waals surface area contributed by atoms with E-state index in [1.807, 2.05) is 13.1 Å². The van der Waals surface area contributed by atoms with Crippen LogP contribution in [0, 0.1) is 11.2 Å². The Bertz CT molecular complexity index is 406. The van der Waals surface area contributed by atoms with E-state index in [4.69, 9.17) is 4.74 Å². The van der Waals surface area contributed by atoms with Gasteiger partial charge in [0.2, 0.25) is 0 Å². The molecule has 0 aliphatic carbocycles. The van der Waals surface area contributed by atoms with E-state index < -0.39 is 0 Å². The molecule has 1 fully saturated rings. The average Bonchev–Trinajstić information content (AvgIpc) is 2.59. The van der Waals surface area contributed by atoms with Crippen LogP contribution in [0.25, 0.3) is 0 Å². The van der Waals surface area contributed by atoms with Crippen LogP contribution in [0.1, 0.15) is 18.9 Å². The first-order valence-corrected chi connectivity index (χ1v) is 7.06. The molecule has 4 heteroatoms.